The standard InChI is InChI=1S/C13H27N/c1-4-11(2)9-14-10-13-8-6-5-7-12(13)3/h11-14H,4-10H2,1-3H3. The molecule has 84 valence electrons. The molecule has 3 unspecified atom stereocenters. The van der Waals surface area contributed by atoms with Crippen LogP contribution in [0.25, 0.3) is 0 Å². The summed E-state index contributed by atoms with van der Waals surface area (Å²) in [6.45, 7) is 9.49. The van der Waals surface area contributed by atoms with E-state index in [0.717, 1.165) is 17.8 Å². The molecule has 3 atom stereocenters. The quantitative estimate of drug-likeness (QED) is 0.712. The lowest BCUT2D eigenvalue weighted by Crippen LogP contribution is -2.31. The first-order chi connectivity index (χ1) is 6.74. The monoisotopic (exact) mass is 197 g/mol. The van der Waals surface area contributed by atoms with E-state index in [-0.39, 0.29) is 0 Å². The average Bonchev–Trinajstić information content (AvgIpc) is 2.20. The maximum Gasteiger partial charge on any atom is -0.00179 e. The molecule has 0 aromatic rings. The van der Waals surface area contributed by atoms with E-state index in [4.69, 9.17) is 0 Å². The van der Waals surface area contributed by atoms with Crippen LogP contribution in [0.2, 0.25) is 0 Å². The lowest BCUT2D eigenvalue weighted by atomic mass is 9.80. The summed E-state index contributed by atoms with van der Waals surface area (Å²) in [5, 5.41) is 3.64. The second-order valence-corrected chi connectivity index (χ2v) is 5.19. The summed E-state index contributed by atoms with van der Waals surface area (Å²) < 4.78 is 0. The summed E-state index contributed by atoms with van der Waals surface area (Å²) in [7, 11) is 0. The zero-order valence-electron chi connectivity index (χ0n) is 10.2. The van der Waals surface area contributed by atoms with Crippen molar-refractivity contribution in [1.29, 1.82) is 0 Å². The van der Waals surface area contributed by atoms with Crippen molar-refractivity contribution in [3.63, 3.8) is 0 Å². The number of rotatable bonds is 5. The molecule has 1 saturated carbocycles. The Bertz CT molecular complexity index is 144. The topological polar surface area (TPSA) is 12.0 Å². The van der Waals surface area contributed by atoms with Crippen LogP contribution in [0, 0.1) is 17.8 Å². The van der Waals surface area contributed by atoms with Gasteiger partial charge in [-0.3, -0.25) is 0 Å². The molecule has 0 saturated heterocycles. The van der Waals surface area contributed by atoms with E-state index >= 15 is 0 Å². The van der Waals surface area contributed by atoms with Crippen molar-refractivity contribution in [1.82, 2.24) is 5.32 Å². The third kappa shape index (κ3) is 4.00. The van der Waals surface area contributed by atoms with Gasteiger partial charge >= 0.3 is 0 Å². The zero-order chi connectivity index (χ0) is 10.4. The molecular weight excluding hydrogens is 170 g/mol. The predicted molar refractivity (Wildman–Crippen MR) is 63.4 cm³/mol. The summed E-state index contributed by atoms with van der Waals surface area (Å²) >= 11 is 0. The van der Waals surface area contributed by atoms with Gasteiger partial charge in [0.1, 0.15) is 0 Å². The third-order valence-electron chi connectivity index (χ3n) is 3.89. The molecule has 1 fully saturated rings. The first-order valence-electron chi connectivity index (χ1n) is 6.44. The van der Waals surface area contributed by atoms with E-state index in [1.54, 1.807) is 0 Å². The van der Waals surface area contributed by atoms with Gasteiger partial charge in [0.05, 0.1) is 0 Å². The van der Waals surface area contributed by atoms with Crippen LogP contribution >= 0.6 is 0 Å². The fourth-order valence-corrected chi connectivity index (χ4v) is 2.36. The molecule has 1 nitrogen and oxygen atoms in total. The minimum atomic E-state index is 0.842. The van der Waals surface area contributed by atoms with Gasteiger partial charge in [0, 0.05) is 0 Å². The molecule has 1 aliphatic rings. The zero-order valence-corrected chi connectivity index (χ0v) is 10.2. The number of hydrogen-bond acceptors (Lipinski definition) is 1. The highest BCUT2D eigenvalue weighted by Crippen LogP contribution is 2.28. The lowest BCUT2D eigenvalue weighted by molar-refractivity contribution is 0.245. The van der Waals surface area contributed by atoms with Gasteiger partial charge in [-0.05, 0) is 37.3 Å². The van der Waals surface area contributed by atoms with Crippen molar-refractivity contribution in [2.45, 2.75) is 52.9 Å². The van der Waals surface area contributed by atoms with Crippen molar-refractivity contribution in [3.05, 3.63) is 0 Å². The molecule has 0 heterocycles. The predicted octanol–water partition coefficient (Wildman–Crippen LogP) is 3.45. The van der Waals surface area contributed by atoms with Crippen LogP contribution in [0.1, 0.15) is 52.9 Å². The summed E-state index contributed by atoms with van der Waals surface area (Å²) in [6, 6.07) is 0. The Hall–Kier alpha value is -0.0400. The second kappa shape index (κ2) is 6.44. The van der Waals surface area contributed by atoms with Crippen molar-refractivity contribution in [3.8, 4) is 0 Å². The van der Waals surface area contributed by atoms with Gasteiger partial charge in [0.25, 0.3) is 0 Å². The van der Waals surface area contributed by atoms with Crippen LogP contribution < -0.4 is 5.32 Å². The van der Waals surface area contributed by atoms with Gasteiger partial charge in [0.2, 0.25) is 0 Å². The minimum absolute atomic E-state index is 0.842. The maximum absolute atomic E-state index is 3.64. The Labute approximate surface area is 89.7 Å². The van der Waals surface area contributed by atoms with Crippen molar-refractivity contribution in [2.24, 2.45) is 17.8 Å². The first-order valence-corrected chi connectivity index (χ1v) is 6.44. The molecule has 0 bridgehead atoms. The van der Waals surface area contributed by atoms with Gasteiger partial charge in [-0.1, -0.05) is 46.5 Å². The number of nitrogens with one attached hydrogen (secondary N) is 1. The van der Waals surface area contributed by atoms with E-state index in [1.165, 1.54) is 45.2 Å². The van der Waals surface area contributed by atoms with E-state index in [9.17, 15) is 0 Å². The molecule has 0 aromatic carbocycles. The molecular formula is C13H27N. The maximum atomic E-state index is 3.64. The minimum Gasteiger partial charge on any atom is -0.316 e. The van der Waals surface area contributed by atoms with Crippen LogP contribution in [0.5, 0.6) is 0 Å². The van der Waals surface area contributed by atoms with E-state index in [2.05, 4.69) is 26.1 Å². The molecule has 14 heavy (non-hydrogen) atoms. The summed E-state index contributed by atoms with van der Waals surface area (Å²) in [6.07, 6.45) is 7.13. The number of hydrogen-bond donors (Lipinski definition) is 1. The van der Waals surface area contributed by atoms with E-state index in [0.29, 0.717) is 0 Å². The first kappa shape index (κ1) is 12.0. The SMILES string of the molecule is CCC(C)CNCC1CCCCC1C. The Morgan fingerprint density at radius 3 is 2.64 bits per heavy atom. The van der Waals surface area contributed by atoms with Gasteiger partial charge in [0.15, 0.2) is 0 Å². The van der Waals surface area contributed by atoms with Crippen LogP contribution in [0.3, 0.4) is 0 Å². The normalized spacial score (nSPS) is 30.2. The molecule has 1 rings (SSSR count). The molecule has 0 aromatic heterocycles. The Morgan fingerprint density at radius 1 is 1.29 bits per heavy atom. The summed E-state index contributed by atoms with van der Waals surface area (Å²) in [4.78, 5) is 0. The highest BCUT2D eigenvalue weighted by atomic mass is 14.9. The second-order valence-electron chi connectivity index (χ2n) is 5.19. The van der Waals surface area contributed by atoms with Crippen molar-refractivity contribution >= 4 is 0 Å². The molecule has 1 heteroatoms. The average molecular weight is 197 g/mol. The van der Waals surface area contributed by atoms with Gasteiger partial charge in [-0.25, -0.2) is 0 Å². The molecule has 0 radical (unpaired) electrons. The Morgan fingerprint density at radius 2 is 2.00 bits per heavy atom. The Balaban J connectivity index is 2.10. The highest BCUT2D eigenvalue weighted by Gasteiger charge is 2.20. The molecule has 0 spiro atoms. The van der Waals surface area contributed by atoms with Crippen LogP contribution in [-0.2, 0) is 0 Å². The lowest BCUT2D eigenvalue weighted by Gasteiger charge is -2.29. The largest absolute Gasteiger partial charge is 0.316 e. The van der Waals surface area contributed by atoms with Gasteiger partial charge < -0.3 is 5.32 Å². The fraction of sp³-hybridized carbons (Fsp3) is 1.00. The smallest absolute Gasteiger partial charge is 0.00179 e. The molecule has 0 aliphatic heterocycles. The molecule has 0 amide bonds. The Kier molecular flexibility index (Phi) is 5.54. The van der Waals surface area contributed by atoms with Gasteiger partial charge in [-0.2, -0.15) is 0 Å². The molecule has 1 aliphatic carbocycles. The highest BCUT2D eigenvalue weighted by molar-refractivity contribution is 4.74. The fourth-order valence-electron chi connectivity index (χ4n) is 2.36. The van der Waals surface area contributed by atoms with Crippen LogP contribution in [0.4, 0.5) is 0 Å². The van der Waals surface area contributed by atoms with Crippen LogP contribution in [-0.4, -0.2) is 13.1 Å². The summed E-state index contributed by atoms with van der Waals surface area (Å²) in [5.74, 6) is 2.75. The van der Waals surface area contributed by atoms with E-state index in [1.807, 2.05) is 0 Å². The van der Waals surface area contributed by atoms with E-state index < -0.39 is 0 Å². The van der Waals surface area contributed by atoms with Crippen molar-refractivity contribution < 1.29 is 0 Å². The third-order valence-corrected chi connectivity index (χ3v) is 3.89. The molecule has 1 N–H and O–H groups in total. The van der Waals surface area contributed by atoms with Crippen LogP contribution in [0.15, 0.2) is 0 Å². The van der Waals surface area contributed by atoms with Gasteiger partial charge in [-0.15, -0.1) is 0 Å². The summed E-state index contributed by atoms with van der Waals surface area (Å²) in [5.41, 5.74) is 0. The van der Waals surface area contributed by atoms with Crippen molar-refractivity contribution in [2.75, 3.05) is 13.1 Å².